The van der Waals surface area contributed by atoms with Gasteiger partial charge in [0.25, 0.3) is 11.8 Å². The normalized spacial score (nSPS) is 15.4. The molecule has 4 amide bonds. The van der Waals surface area contributed by atoms with Crippen LogP contribution in [0.2, 0.25) is 5.02 Å². The van der Waals surface area contributed by atoms with Gasteiger partial charge in [0.1, 0.15) is 31.1 Å². The number of ether oxygens (including phenoxy) is 3. The van der Waals surface area contributed by atoms with Crippen LogP contribution in [0.15, 0.2) is 66.9 Å². The van der Waals surface area contributed by atoms with E-state index in [1.807, 2.05) is 38.1 Å². The molecule has 0 radical (unpaired) electrons. The average Bonchev–Trinajstić information content (AvgIpc) is 3.42. The molecule has 0 saturated carbocycles. The summed E-state index contributed by atoms with van der Waals surface area (Å²) >= 11 is 6.66. The molecule has 18 heteroatoms. The number of sulfonamides is 1. The van der Waals surface area contributed by atoms with E-state index in [0.29, 0.717) is 36.7 Å². The predicted octanol–water partition coefficient (Wildman–Crippen LogP) is 4.58. The standard InChI is InChI=1S/C40H40ClN7O9S/c1-40(2,25-5-8-29(9-6-25)57-23-28-13-15-44-39(45-28)47-58(3,53)54)26-19-24(22-42)35(32(41)20-26)56-18-17-55-16-4-14-43-27-7-10-30-31(21-27)38(52)48(37(30)51)33-11-12-34(49)46-36(33)50/h5-10,13,15,19-21,33,43H,4,11-12,14,16-18,23H2,1-3H3,(H,44,45,47)(H,46,49,50). The number of piperidine rings is 1. The minimum Gasteiger partial charge on any atom is -0.488 e. The molecular weight excluding hydrogens is 790 g/mol. The molecule has 1 aromatic heterocycles. The van der Waals surface area contributed by atoms with Crippen molar-refractivity contribution in [2.45, 2.75) is 51.2 Å². The van der Waals surface area contributed by atoms with E-state index in [-0.39, 0.29) is 66.1 Å². The fraction of sp³-hybridized carbons (Fsp3) is 0.325. The number of hydrogen-bond donors (Lipinski definition) is 3. The van der Waals surface area contributed by atoms with E-state index in [2.05, 4.69) is 31.4 Å². The van der Waals surface area contributed by atoms with Gasteiger partial charge in [0.15, 0.2) is 5.75 Å². The van der Waals surface area contributed by atoms with E-state index in [4.69, 9.17) is 25.8 Å². The third-order valence-corrected chi connectivity index (χ3v) is 10.4. The lowest BCUT2D eigenvalue weighted by Gasteiger charge is -2.27. The number of nitrogens with one attached hydrogen (secondary N) is 3. The Kier molecular flexibility index (Phi) is 12.6. The van der Waals surface area contributed by atoms with Gasteiger partial charge >= 0.3 is 0 Å². The topological polar surface area (TPSA) is 219 Å². The van der Waals surface area contributed by atoms with Crippen molar-refractivity contribution in [3.63, 3.8) is 0 Å². The highest BCUT2D eigenvalue weighted by Gasteiger charge is 2.44. The third-order valence-electron chi connectivity index (χ3n) is 9.55. The Balaban J connectivity index is 0.949. The number of carbonyl (C=O) groups is 4. The molecule has 4 aromatic rings. The monoisotopic (exact) mass is 829 g/mol. The molecule has 6 rings (SSSR count). The molecule has 1 fully saturated rings. The van der Waals surface area contributed by atoms with E-state index in [9.17, 15) is 32.9 Å². The maximum Gasteiger partial charge on any atom is 0.262 e. The van der Waals surface area contributed by atoms with Crippen LogP contribution in [0.3, 0.4) is 0 Å². The summed E-state index contributed by atoms with van der Waals surface area (Å²) in [6.07, 6.45) is 3.21. The zero-order chi connectivity index (χ0) is 41.6. The van der Waals surface area contributed by atoms with Gasteiger partial charge < -0.3 is 19.5 Å². The Morgan fingerprint density at radius 1 is 0.966 bits per heavy atom. The van der Waals surface area contributed by atoms with Crippen LogP contribution in [-0.2, 0) is 36.4 Å². The number of aromatic nitrogens is 2. The summed E-state index contributed by atoms with van der Waals surface area (Å²) in [7, 11) is -3.52. The number of benzene rings is 3. The van der Waals surface area contributed by atoms with Crippen molar-refractivity contribution in [3.05, 3.63) is 105 Å². The summed E-state index contributed by atoms with van der Waals surface area (Å²) in [5.41, 5.74) is 2.99. The lowest BCUT2D eigenvalue weighted by molar-refractivity contribution is -0.136. The van der Waals surface area contributed by atoms with Crippen molar-refractivity contribution in [2.75, 3.05) is 42.7 Å². The Labute approximate surface area is 339 Å². The van der Waals surface area contributed by atoms with E-state index < -0.39 is 45.1 Å². The van der Waals surface area contributed by atoms with Gasteiger partial charge in [0.05, 0.1) is 40.3 Å². The molecule has 3 aromatic carbocycles. The van der Waals surface area contributed by atoms with Crippen molar-refractivity contribution < 1.29 is 41.8 Å². The highest BCUT2D eigenvalue weighted by atomic mass is 35.5. The molecule has 0 spiro atoms. The van der Waals surface area contributed by atoms with Gasteiger partial charge in [0.2, 0.25) is 27.8 Å². The summed E-state index contributed by atoms with van der Waals surface area (Å²) < 4.78 is 42.7. The number of carbonyl (C=O) groups excluding carboxylic acids is 4. The SMILES string of the molecule is CC(C)(c1ccc(OCc2ccnc(NS(C)(=O)=O)n2)cc1)c1cc(Cl)c(OCCOCCCNc2ccc3c(c2)C(=O)N(C2CCC(=O)NC2=O)C3=O)c(C#N)c1. The number of anilines is 2. The highest BCUT2D eigenvalue weighted by Crippen LogP contribution is 2.39. The maximum absolute atomic E-state index is 13.1. The first kappa shape index (κ1) is 41.5. The Morgan fingerprint density at radius 2 is 1.72 bits per heavy atom. The number of rotatable bonds is 17. The Morgan fingerprint density at radius 3 is 2.45 bits per heavy atom. The van der Waals surface area contributed by atoms with E-state index in [1.54, 1.807) is 36.4 Å². The van der Waals surface area contributed by atoms with E-state index >= 15 is 0 Å². The summed E-state index contributed by atoms with van der Waals surface area (Å²) in [4.78, 5) is 58.8. The number of hydrogen-bond acceptors (Lipinski definition) is 13. The highest BCUT2D eigenvalue weighted by molar-refractivity contribution is 7.92. The van der Waals surface area contributed by atoms with E-state index in [0.717, 1.165) is 22.3 Å². The summed E-state index contributed by atoms with van der Waals surface area (Å²) in [5.74, 6) is -1.42. The second-order valence-electron chi connectivity index (χ2n) is 14.1. The summed E-state index contributed by atoms with van der Waals surface area (Å²) in [5, 5.41) is 15.7. The number of amides is 4. The average molecular weight is 830 g/mol. The van der Waals surface area contributed by atoms with Gasteiger partial charge in [0, 0.05) is 36.9 Å². The number of nitrogens with zero attached hydrogens (tertiary/aromatic N) is 4. The first-order chi connectivity index (χ1) is 27.6. The van der Waals surface area contributed by atoms with Crippen molar-refractivity contribution in [1.82, 2.24) is 20.2 Å². The molecule has 58 heavy (non-hydrogen) atoms. The minimum absolute atomic E-state index is 0.0398. The number of imide groups is 2. The minimum atomic E-state index is -3.52. The molecule has 302 valence electrons. The van der Waals surface area contributed by atoms with Crippen LogP contribution >= 0.6 is 11.6 Å². The van der Waals surface area contributed by atoms with Crippen molar-refractivity contribution in [1.29, 1.82) is 5.26 Å². The molecular formula is C40H40ClN7O9S. The Hall–Kier alpha value is -6.09. The van der Waals surface area contributed by atoms with Crippen molar-refractivity contribution in [3.8, 4) is 17.6 Å². The molecule has 16 nitrogen and oxygen atoms in total. The second-order valence-corrected chi connectivity index (χ2v) is 16.2. The van der Waals surface area contributed by atoms with Crippen LogP contribution in [0.1, 0.15) is 76.2 Å². The maximum atomic E-state index is 13.1. The second kappa shape index (κ2) is 17.6. The van der Waals surface area contributed by atoms with Gasteiger partial charge in [-0.1, -0.05) is 37.6 Å². The van der Waals surface area contributed by atoms with Crippen LogP contribution in [0.25, 0.3) is 0 Å². The zero-order valence-electron chi connectivity index (χ0n) is 31.8. The van der Waals surface area contributed by atoms with Crippen LogP contribution in [0.4, 0.5) is 11.6 Å². The van der Waals surface area contributed by atoms with Crippen LogP contribution in [0.5, 0.6) is 11.5 Å². The van der Waals surface area contributed by atoms with Gasteiger partial charge in [-0.15, -0.1) is 0 Å². The lowest BCUT2D eigenvalue weighted by atomic mass is 9.77. The zero-order valence-corrected chi connectivity index (χ0v) is 33.4. The van der Waals surface area contributed by atoms with Crippen LogP contribution < -0.4 is 24.8 Å². The predicted molar refractivity (Wildman–Crippen MR) is 212 cm³/mol. The first-order valence-corrected chi connectivity index (χ1v) is 20.5. The molecule has 1 unspecified atom stereocenters. The third kappa shape index (κ3) is 9.71. The lowest BCUT2D eigenvalue weighted by Crippen LogP contribution is -2.54. The molecule has 0 bridgehead atoms. The molecule has 3 heterocycles. The number of halogens is 1. The fourth-order valence-corrected chi connectivity index (χ4v) is 7.16. The summed E-state index contributed by atoms with van der Waals surface area (Å²) in [6.45, 7) is 5.41. The van der Waals surface area contributed by atoms with Crippen LogP contribution in [0, 0.1) is 11.3 Å². The quantitative estimate of drug-likeness (QED) is 0.0982. The first-order valence-electron chi connectivity index (χ1n) is 18.2. The van der Waals surface area contributed by atoms with E-state index in [1.165, 1.54) is 6.20 Å². The Bertz CT molecular complexity index is 2400. The molecule has 2 aliphatic heterocycles. The van der Waals surface area contributed by atoms with Gasteiger partial charge in [-0.3, -0.25) is 34.1 Å². The van der Waals surface area contributed by atoms with Gasteiger partial charge in [-0.05, 0) is 72.5 Å². The molecule has 1 saturated heterocycles. The number of fused-ring (bicyclic) bond motifs is 1. The van der Waals surface area contributed by atoms with Gasteiger partial charge in [-0.2, -0.15) is 5.26 Å². The molecule has 1 atom stereocenters. The molecule has 3 N–H and O–H groups in total. The number of nitriles is 1. The summed E-state index contributed by atoms with van der Waals surface area (Å²) in [6, 6.07) is 18.6. The fourth-order valence-electron chi connectivity index (χ4n) is 6.46. The van der Waals surface area contributed by atoms with Crippen LogP contribution in [-0.4, -0.2) is 85.6 Å². The van der Waals surface area contributed by atoms with Gasteiger partial charge in [-0.25, -0.2) is 18.4 Å². The van der Waals surface area contributed by atoms with Crippen molar-refractivity contribution >= 4 is 56.9 Å². The largest absolute Gasteiger partial charge is 0.488 e. The smallest absolute Gasteiger partial charge is 0.262 e. The van der Waals surface area contributed by atoms with Crippen molar-refractivity contribution in [2.24, 2.45) is 0 Å². The molecule has 2 aliphatic rings. The molecule has 0 aliphatic carbocycles.